The number of para-hydroxylation sites is 1. The molecule has 3 heteroatoms. The van der Waals surface area contributed by atoms with E-state index in [0.717, 1.165) is 49.5 Å². The highest BCUT2D eigenvalue weighted by atomic mass is 16.5. The molecule has 2 aromatic rings. The molecule has 0 saturated carbocycles. The van der Waals surface area contributed by atoms with E-state index in [0.29, 0.717) is 0 Å². The second-order valence-corrected chi connectivity index (χ2v) is 5.91. The highest BCUT2D eigenvalue weighted by Crippen LogP contribution is 2.34. The molecule has 0 aliphatic carbocycles. The number of hydrogen-bond acceptors (Lipinski definition) is 3. The molecule has 116 valence electrons. The molecular formula is C19H23NO2. The van der Waals surface area contributed by atoms with Crippen LogP contribution in [0.2, 0.25) is 0 Å². The fraction of sp³-hybridized carbons (Fsp3) is 0.368. The van der Waals surface area contributed by atoms with Gasteiger partial charge in [0.05, 0.1) is 5.60 Å². The number of hydrogen-bond donors (Lipinski definition) is 1. The van der Waals surface area contributed by atoms with E-state index in [9.17, 15) is 5.11 Å². The van der Waals surface area contributed by atoms with Crippen molar-refractivity contribution in [2.45, 2.75) is 25.4 Å². The first-order valence-electron chi connectivity index (χ1n) is 7.98. The molecule has 1 aliphatic rings. The van der Waals surface area contributed by atoms with Crippen molar-refractivity contribution in [3.63, 3.8) is 0 Å². The number of aliphatic hydroxyl groups is 1. The molecule has 1 N–H and O–H groups in total. The van der Waals surface area contributed by atoms with E-state index in [4.69, 9.17) is 4.74 Å². The zero-order chi connectivity index (χ0) is 15.4. The van der Waals surface area contributed by atoms with Crippen LogP contribution < -0.4 is 4.74 Å². The van der Waals surface area contributed by atoms with Crippen molar-refractivity contribution in [1.29, 1.82) is 0 Å². The van der Waals surface area contributed by atoms with Crippen LogP contribution in [-0.4, -0.2) is 29.6 Å². The summed E-state index contributed by atoms with van der Waals surface area (Å²) in [6.45, 7) is 5.13. The first-order chi connectivity index (χ1) is 10.7. The molecule has 0 unspecified atom stereocenters. The minimum absolute atomic E-state index is 0.697. The van der Waals surface area contributed by atoms with Gasteiger partial charge in [0, 0.05) is 13.1 Å². The Morgan fingerprint density at radius 1 is 0.955 bits per heavy atom. The monoisotopic (exact) mass is 297 g/mol. The molecule has 0 bridgehead atoms. The van der Waals surface area contributed by atoms with E-state index in [-0.39, 0.29) is 0 Å². The molecule has 1 fully saturated rings. The van der Waals surface area contributed by atoms with Crippen LogP contribution in [0.1, 0.15) is 25.3 Å². The number of piperidine rings is 1. The van der Waals surface area contributed by atoms with Gasteiger partial charge in [-0.1, -0.05) is 37.3 Å². The van der Waals surface area contributed by atoms with Crippen molar-refractivity contribution in [3.8, 4) is 11.5 Å². The van der Waals surface area contributed by atoms with Gasteiger partial charge < -0.3 is 14.7 Å². The summed E-state index contributed by atoms with van der Waals surface area (Å²) >= 11 is 0. The molecular weight excluding hydrogens is 274 g/mol. The van der Waals surface area contributed by atoms with E-state index >= 15 is 0 Å². The summed E-state index contributed by atoms with van der Waals surface area (Å²) in [5.74, 6) is 1.62. The standard InChI is InChI=1S/C19H23NO2/c1-2-20-14-12-19(21,13-15-20)16-8-10-18(11-9-16)22-17-6-4-3-5-7-17/h3-11,21H,2,12-15H2,1H3. The van der Waals surface area contributed by atoms with Gasteiger partial charge in [-0.05, 0) is 49.2 Å². The Hall–Kier alpha value is -1.84. The van der Waals surface area contributed by atoms with Crippen molar-refractivity contribution >= 4 is 0 Å². The van der Waals surface area contributed by atoms with Crippen LogP contribution in [0.25, 0.3) is 0 Å². The van der Waals surface area contributed by atoms with Crippen LogP contribution in [0.4, 0.5) is 0 Å². The topological polar surface area (TPSA) is 32.7 Å². The van der Waals surface area contributed by atoms with Crippen molar-refractivity contribution in [2.24, 2.45) is 0 Å². The third kappa shape index (κ3) is 3.32. The van der Waals surface area contributed by atoms with Crippen molar-refractivity contribution in [3.05, 3.63) is 60.2 Å². The average Bonchev–Trinajstić information content (AvgIpc) is 2.57. The lowest BCUT2D eigenvalue weighted by Gasteiger charge is -2.38. The van der Waals surface area contributed by atoms with Gasteiger partial charge in [-0.2, -0.15) is 0 Å². The molecule has 22 heavy (non-hydrogen) atoms. The van der Waals surface area contributed by atoms with Gasteiger partial charge in [0.25, 0.3) is 0 Å². The van der Waals surface area contributed by atoms with Gasteiger partial charge in [-0.3, -0.25) is 0 Å². The smallest absolute Gasteiger partial charge is 0.127 e. The molecule has 1 saturated heterocycles. The highest BCUT2D eigenvalue weighted by Gasteiger charge is 2.33. The Balaban J connectivity index is 1.69. The van der Waals surface area contributed by atoms with Crippen molar-refractivity contribution in [2.75, 3.05) is 19.6 Å². The number of ether oxygens (including phenoxy) is 1. The van der Waals surface area contributed by atoms with Gasteiger partial charge in [0.15, 0.2) is 0 Å². The van der Waals surface area contributed by atoms with Crippen molar-refractivity contribution in [1.82, 2.24) is 4.90 Å². The number of rotatable bonds is 4. The molecule has 0 aromatic heterocycles. The minimum atomic E-state index is -0.697. The molecule has 1 heterocycles. The van der Waals surface area contributed by atoms with E-state index in [1.54, 1.807) is 0 Å². The first-order valence-corrected chi connectivity index (χ1v) is 7.98. The molecule has 2 aromatic carbocycles. The van der Waals surface area contributed by atoms with Gasteiger partial charge in [-0.15, -0.1) is 0 Å². The van der Waals surface area contributed by atoms with Crippen LogP contribution in [0.5, 0.6) is 11.5 Å². The largest absolute Gasteiger partial charge is 0.457 e. The zero-order valence-corrected chi connectivity index (χ0v) is 13.0. The summed E-state index contributed by atoms with van der Waals surface area (Å²) < 4.78 is 5.80. The molecule has 1 aliphatic heterocycles. The molecule has 3 nitrogen and oxygen atoms in total. The van der Waals surface area contributed by atoms with Crippen molar-refractivity contribution < 1.29 is 9.84 Å². The van der Waals surface area contributed by atoms with Crippen LogP contribution in [0.15, 0.2) is 54.6 Å². The lowest BCUT2D eigenvalue weighted by molar-refractivity contribution is -0.0247. The summed E-state index contributed by atoms with van der Waals surface area (Å²) in [5, 5.41) is 10.9. The van der Waals surface area contributed by atoms with Crippen LogP contribution in [-0.2, 0) is 5.60 Å². The quantitative estimate of drug-likeness (QED) is 0.932. The summed E-state index contributed by atoms with van der Waals surface area (Å²) in [5.41, 5.74) is 0.292. The summed E-state index contributed by atoms with van der Waals surface area (Å²) in [4.78, 5) is 2.38. The fourth-order valence-corrected chi connectivity index (χ4v) is 2.99. The van der Waals surface area contributed by atoms with E-state index < -0.39 is 5.60 Å². The Bertz CT molecular complexity index is 587. The molecule has 3 rings (SSSR count). The Morgan fingerprint density at radius 2 is 1.55 bits per heavy atom. The lowest BCUT2D eigenvalue weighted by atomic mass is 9.84. The summed E-state index contributed by atoms with van der Waals surface area (Å²) in [7, 11) is 0. The molecule has 0 amide bonds. The maximum atomic E-state index is 10.9. The average molecular weight is 297 g/mol. The fourth-order valence-electron chi connectivity index (χ4n) is 2.99. The number of benzene rings is 2. The van der Waals surface area contributed by atoms with Crippen LogP contribution in [0.3, 0.4) is 0 Å². The van der Waals surface area contributed by atoms with Crippen LogP contribution in [0, 0.1) is 0 Å². The first kappa shape index (κ1) is 15.1. The Labute approximate surface area is 132 Å². The molecule has 0 spiro atoms. The number of nitrogens with zero attached hydrogens (tertiary/aromatic N) is 1. The third-order valence-electron chi connectivity index (χ3n) is 4.50. The maximum Gasteiger partial charge on any atom is 0.127 e. The second kappa shape index (κ2) is 6.51. The highest BCUT2D eigenvalue weighted by molar-refractivity contribution is 5.35. The SMILES string of the molecule is CCN1CCC(O)(c2ccc(Oc3ccccc3)cc2)CC1. The van der Waals surface area contributed by atoms with Crippen LogP contribution >= 0.6 is 0 Å². The van der Waals surface area contributed by atoms with Gasteiger partial charge in [0.2, 0.25) is 0 Å². The molecule has 0 radical (unpaired) electrons. The van der Waals surface area contributed by atoms with Gasteiger partial charge in [0.1, 0.15) is 11.5 Å². The number of likely N-dealkylation sites (tertiary alicyclic amines) is 1. The lowest BCUT2D eigenvalue weighted by Crippen LogP contribution is -2.42. The van der Waals surface area contributed by atoms with E-state index in [2.05, 4.69) is 11.8 Å². The zero-order valence-electron chi connectivity index (χ0n) is 13.0. The normalized spacial score (nSPS) is 18.1. The molecule has 0 atom stereocenters. The van der Waals surface area contributed by atoms with Gasteiger partial charge in [-0.25, -0.2) is 0 Å². The van der Waals surface area contributed by atoms with E-state index in [1.807, 2.05) is 54.6 Å². The maximum absolute atomic E-state index is 10.9. The summed E-state index contributed by atoms with van der Waals surface area (Å²) in [6.07, 6.45) is 1.58. The Kier molecular flexibility index (Phi) is 4.46. The van der Waals surface area contributed by atoms with Gasteiger partial charge >= 0.3 is 0 Å². The summed E-state index contributed by atoms with van der Waals surface area (Å²) in [6, 6.07) is 17.6. The second-order valence-electron chi connectivity index (χ2n) is 5.91. The Morgan fingerprint density at radius 3 is 2.14 bits per heavy atom. The predicted molar refractivity (Wildman–Crippen MR) is 88.2 cm³/mol. The minimum Gasteiger partial charge on any atom is -0.457 e. The third-order valence-corrected chi connectivity index (χ3v) is 4.50. The van der Waals surface area contributed by atoms with E-state index in [1.165, 1.54) is 0 Å². The predicted octanol–water partition coefficient (Wildman–Crippen LogP) is 3.78.